The first-order chi connectivity index (χ1) is 23.6. The summed E-state index contributed by atoms with van der Waals surface area (Å²) in [6, 6.07) is 29.8. The largest absolute Gasteiger partial charge is 0.489 e. The molecule has 4 aromatic carbocycles. The van der Waals surface area contributed by atoms with Crippen LogP contribution in [0, 0.1) is 0 Å². The average Bonchev–Trinajstić information content (AvgIpc) is 3.10. The highest BCUT2D eigenvalue weighted by Crippen LogP contribution is 2.27. The quantitative estimate of drug-likeness (QED) is 0.146. The molecule has 1 aliphatic rings. The van der Waals surface area contributed by atoms with Gasteiger partial charge in [-0.05, 0) is 65.9 Å². The summed E-state index contributed by atoms with van der Waals surface area (Å²) in [5, 5.41) is 3.87. The van der Waals surface area contributed by atoms with Crippen molar-refractivity contribution >= 4 is 50.7 Å². The Bertz CT molecular complexity index is 1800. The number of halogens is 2. The molecular weight excluding hydrogens is 681 g/mol. The summed E-state index contributed by atoms with van der Waals surface area (Å²) in [6.07, 6.45) is 6.22. The Labute approximate surface area is 299 Å². The molecule has 4 aromatic rings. The maximum Gasteiger partial charge on any atom is 0.244 e. The van der Waals surface area contributed by atoms with Crippen molar-refractivity contribution in [1.29, 1.82) is 0 Å². The van der Waals surface area contributed by atoms with E-state index in [4.69, 9.17) is 27.9 Å². The van der Waals surface area contributed by atoms with Crippen LogP contribution in [0.5, 0.6) is 5.75 Å². The first-order valence-electron chi connectivity index (χ1n) is 16.4. The van der Waals surface area contributed by atoms with Crippen molar-refractivity contribution in [3.8, 4) is 5.75 Å². The minimum absolute atomic E-state index is 0.00910. The average molecular weight is 723 g/mol. The van der Waals surface area contributed by atoms with Gasteiger partial charge < -0.3 is 15.0 Å². The number of hydrogen-bond donors (Lipinski definition) is 1. The summed E-state index contributed by atoms with van der Waals surface area (Å²) in [5.74, 6) is -0.272. The van der Waals surface area contributed by atoms with Crippen LogP contribution in [0.25, 0.3) is 0 Å². The smallest absolute Gasteiger partial charge is 0.244 e. The molecular formula is C38H41Cl2N3O5S. The zero-order valence-electron chi connectivity index (χ0n) is 27.4. The van der Waals surface area contributed by atoms with E-state index in [1.165, 1.54) is 4.90 Å². The molecule has 2 amide bonds. The number of hydrogen-bond acceptors (Lipinski definition) is 5. The Balaban J connectivity index is 1.44. The zero-order valence-corrected chi connectivity index (χ0v) is 29.8. The van der Waals surface area contributed by atoms with E-state index in [0.29, 0.717) is 33.7 Å². The molecule has 0 aromatic heterocycles. The van der Waals surface area contributed by atoms with Crippen LogP contribution in [0.3, 0.4) is 0 Å². The molecule has 0 radical (unpaired) electrons. The van der Waals surface area contributed by atoms with E-state index in [9.17, 15) is 18.0 Å². The Morgan fingerprint density at radius 2 is 1.45 bits per heavy atom. The second-order valence-corrected chi connectivity index (χ2v) is 15.1. The Morgan fingerprint density at radius 1 is 0.816 bits per heavy atom. The van der Waals surface area contributed by atoms with E-state index in [1.807, 2.05) is 60.7 Å². The molecule has 49 heavy (non-hydrogen) atoms. The number of ether oxygens (including phenoxy) is 1. The van der Waals surface area contributed by atoms with E-state index in [0.717, 1.165) is 53.8 Å². The van der Waals surface area contributed by atoms with Gasteiger partial charge in [0.1, 0.15) is 24.9 Å². The molecule has 0 bridgehead atoms. The fraction of sp³-hybridized carbons (Fsp3) is 0.316. The number of amides is 2. The van der Waals surface area contributed by atoms with Crippen LogP contribution in [0.1, 0.15) is 48.8 Å². The molecule has 1 fully saturated rings. The van der Waals surface area contributed by atoms with Gasteiger partial charge >= 0.3 is 0 Å². The number of nitrogens with zero attached hydrogens (tertiary/aromatic N) is 2. The van der Waals surface area contributed by atoms with Gasteiger partial charge in [-0.25, -0.2) is 8.42 Å². The van der Waals surface area contributed by atoms with Crippen molar-refractivity contribution < 1.29 is 22.7 Å². The lowest BCUT2D eigenvalue weighted by Gasteiger charge is -2.35. The lowest BCUT2D eigenvalue weighted by Crippen LogP contribution is -2.55. The summed E-state index contributed by atoms with van der Waals surface area (Å²) >= 11 is 12.6. The van der Waals surface area contributed by atoms with Gasteiger partial charge in [0.25, 0.3) is 0 Å². The van der Waals surface area contributed by atoms with E-state index in [1.54, 1.807) is 42.5 Å². The predicted molar refractivity (Wildman–Crippen MR) is 195 cm³/mol. The molecule has 8 nitrogen and oxygen atoms in total. The number of carbonyl (C=O) groups is 2. The summed E-state index contributed by atoms with van der Waals surface area (Å²) in [6.45, 7) is -0.161. The third-order valence-electron chi connectivity index (χ3n) is 8.61. The lowest BCUT2D eigenvalue weighted by molar-refractivity contribution is -0.140. The molecule has 0 aliphatic heterocycles. The van der Waals surface area contributed by atoms with Crippen LogP contribution in [0.15, 0.2) is 103 Å². The molecule has 0 spiro atoms. The van der Waals surface area contributed by atoms with Gasteiger partial charge in [0, 0.05) is 19.0 Å². The Kier molecular flexibility index (Phi) is 12.6. The number of rotatable bonds is 14. The number of sulfonamides is 1. The van der Waals surface area contributed by atoms with Crippen molar-refractivity contribution in [2.75, 3.05) is 17.1 Å². The van der Waals surface area contributed by atoms with Crippen molar-refractivity contribution in [2.24, 2.45) is 0 Å². The van der Waals surface area contributed by atoms with E-state index >= 15 is 0 Å². The van der Waals surface area contributed by atoms with Crippen molar-refractivity contribution in [3.63, 3.8) is 0 Å². The second-order valence-electron chi connectivity index (χ2n) is 12.4. The first kappa shape index (κ1) is 36.2. The van der Waals surface area contributed by atoms with Gasteiger partial charge in [-0.15, -0.1) is 0 Å². The Hall–Kier alpha value is -4.05. The fourth-order valence-corrected chi connectivity index (χ4v) is 7.17. The summed E-state index contributed by atoms with van der Waals surface area (Å²) in [4.78, 5) is 30.0. The SMILES string of the molecule is CS(=O)(=O)N(CC(=O)N(Cc1ccc(Cl)c(Cl)c1)C(Cc1ccccc1)C(=O)NC1CCCCC1)c1ccc(OCc2ccccc2)cc1. The third-order valence-corrected chi connectivity index (χ3v) is 10.5. The van der Waals surface area contributed by atoms with Gasteiger partial charge in [0.05, 0.1) is 22.0 Å². The molecule has 0 saturated heterocycles. The molecule has 0 heterocycles. The van der Waals surface area contributed by atoms with Crippen molar-refractivity contribution in [2.45, 2.75) is 63.8 Å². The molecule has 11 heteroatoms. The van der Waals surface area contributed by atoms with Gasteiger partial charge in [0.2, 0.25) is 21.8 Å². The maximum absolute atomic E-state index is 14.4. The zero-order chi connectivity index (χ0) is 34.8. The molecule has 1 saturated carbocycles. The van der Waals surface area contributed by atoms with Gasteiger partial charge in [-0.1, -0.05) is 109 Å². The normalized spacial score (nSPS) is 14.1. The molecule has 1 atom stereocenters. The van der Waals surface area contributed by atoms with Gasteiger partial charge in [-0.3, -0.25) is 13.9 Å². The monoisotopic (exact) mass is 721 g/mol. The van der Waals surface area contributed by atoms with Gasteiger partial charge in [0.15, 0.2) is 0 Å². The highest BCUT2D eigenvalue weighted by Gasteiger charge is 2.34. The second kappa shape index (κ2) is 17.1. The highest BCUT2D eigenvalue weighted by atomic mass is 35.5. The van der Waals surface area contributed by atoms with Crippen LogP contribution in [0.4, 0.5) is 5.69 Å². The molecule has 258 valence electrons. The van der Waals surface area contributed by atoms with E-state index < -0.39 is 28.5 Å². The summed E-state index contributed by atoms with van der Waals surface area (Å²) in [7, 11) is -3.92. The fourth-order valence-electron chi connectivity index (χ4n) is 6.00. The van der Waals surface area contributed by atoms with Crippen LogP contribution < -0.4 is 14.4 Å². The summed E-state index contributed by atoms with van der Waals surface area (Å²) < 4.78 is 33.3. The number of nitrogens with one attached hydrogen (secondary N) is 1. The van der Waals surface area contributed by atoms with Crippen LogP contribution in [0.2, 0.25) is 10.0 Å². The predicted octanol–water partition coefficient (Wildman–Crippen LogP) is 7.43. The van der Waals surface area contributed by atoms with Crippen LogP contribution in [-0.2, 0) is 39.2 Å². The molecule has 1 N–H and O–H groups in total. The lowest BCUT2D eigenvalue weighted by atomic mass is 9.94. The van der Waals surface area contributed by atoms with Crippen LogP contribution >= 0.6 is 23.2 Å². The number of benzene rings is 4. The van der Waals surface area contributed by atoms with Crippen molar-refractivity contribution in [1.82, 2.24) is 10.2 Å². The van der Waals surface area contributed by atoms with Crippen LogP contribution in [-0.4, -0.2) is 50.0 Å². The van der Waals surface area contributed by atoms with Gasteiger partial charge in [-0.2, -0.15) is 0 Å². The minimum atomic E-state index is -3.92. The maximum atomic E-state index is 14.4. The standard InChI is InChI=1S/C38H41Cl2N3O5S/c1-49(46,47)43(32-18-20-33(21-19-32)48-27-29-13-7-3-8-14-29)26-37(44)42(25-30-17-22-34(39)35(40)23-30)36(24-28-11-5-2-6-12-28)38(45)41-31-15-9-4-10-16-31/h2-3,5-8,11-14,17-23,31,36H,4,9-10,15-16,24-27H2,1H3,(H,41,45). The highest BCUT2D eigenvalue weighted by molar-refractivity contribution is 7.92. The minimum Gasteiger partial charge on any atom is -0.489 e. The summed E-state index contributed by atoms with van der Waals surface area (Å²) in [5.41, 5.74) is 2.81. The first-order valence-corrected chi connectivity index (χ1v) is 19.0. The van der Waals surface area contributed by atoms with E-state index in [2.05, 4.69) is 5.32 Å². The number of carbonyl (C=O) groups excluding carboxylic acids is 2. The molecule has 1 aliphatic carbocycles. The van der Waals surface area contributed by atoms with Crippen molar-refractivity contribution in [3.05, 3.63) is 130 Å². The topological polar surface area (TPSA) is 96.0 Å². The third kappa shape index (κ3) is 10.5. The number of anilines is 1. The molecule has 5 rings (SSSR count). The molecule has 1 unspecified atom stereocenters. The van der Waals surface area contributed by atoms with E-state index in [-0.39, 0.29) is 24.9 Å². The Morgan fingerprint density at radius 3 is 2.06 bits per heavy atom.